The Kier molecular flexibility index (Phi) is 5.48. The highest BCUT2D eigenvalue weighted by Crippen LogP contribution is 2.27. The Morgan fingerprint density at radius 3 is 2.72 bits per heavy atom. The van der Waals surface area contributed by atoms with Gasteiger partial charge < -0.3 is 5.32 Å². The normalized spacial score (nSPS) is 12.2. The van der Waals surface area contributed by atoms with Gasteiger partial charge in [0.1, 0.15) is 10.5 Å². The molecule has 0 fully saturated rings. The largest absolute Gasteiger partial charge is 0.301 e. The van der Waals surface area contributed by atoms with E-state index in [1.807, 2.05) is 5.38 Å². The average molecular weight is 447 g/mol. The van der Waals surface area contributed by atoms with Crippen LogP contribution in [0.2, 0.25) is 0 Å². The van der Waals surface area contributed by atoms with Crippen molar-refractivity contribution in [1.29, 1.82) is 0 Å². The number of benzene rings is 1. The Hall–Kier alpha value is -2.56. The highest BCUT2D eigenvalue weighted by atomic mass is 32.2. The predicted octanol–water partition coefficient (Wildman–Crippen LogP) is 4.38. The number of nitrogens with zero attached hydrogens (tertiary/aromatic N) is 3. The summed E-state index contributed by atoms with van der Waals surface area (Å²) in [4.78, 5) is 33.9. The van der Waals surface area contributed by atoms with Gasteiger partial charge in [0.2, 0.25) is 5.91 Å². The van der Waals surface area contributed by atoms with Crippen LogP contribution in [0.25, 0.3) is 21.5 Å². The number of hydrogen-bond acceptors (Lipinski definition) is 7. The second kappa shape index (κ2) is 8.05. The Bertz CT molecular complexity index is 1250. The van der Waals surface area contributed by atoms with Crippen molar-refractivity contribution in [3.8, 4) is 11.3 Å². The molecule has 3 aromatic heterocycles. The zero-order valence-electron chi connectivity index (χ0n) is 15.4. The second-order valence-corrected chi connectivity index (χ2v) is 9.27. The van der Waals surface area contributed by atoms with Crippen LogP contribution in [-0.4, -0.2) is 25.7 Å². The first-order valence-electron chi connectivity index (χ1n) is 8.55. The number of rotatable bonds is 5. The lowest BCUT2D eigenvalue weighted by atomic mass is 10.2. The lowest BCUT2D eigenvalue weighted by molar-refractivity contribution is -0.115. The van der Waals surface area contributed by atoms with Crippen molar-refractivity contribution in [3.63, 3.8) is 0 Å². The molecule has 0 radical (unpaired) electrons. The quantitative estimate of drug-likeness (QED) is 0.364. The molecule has 1 aromatic carbocycles. The Morgan fingerprint density at radius 1 is 1.21 bits per heavy atom. The topological polar surface area (TPSA) is 76.9 Å². The van der Waals surface area contributed by atoms with Gasteiger partial charge in [-0.15, -0.1) is 22.7 Å². The molecule has 4 rings (SSSR count). The van der Waals surface area contributed by atoms with Crippen molar-refractivity contribution in [2.75, 3.05) is 5.32 Å². The molecule has 6 nitrogen and oxygen atoms in total. The summed E-state index contributed by atoms with van der Waals surface area (Å²) in [6.45, 7) is 1.75. The molecule has 0 aliphatic carbocycles. The van der Waals surface area contributed by atoms with Crippen molar-refractivity contribution in [2.24, 2.45) is 7.05 Å². The minimum Gasteiger partial charge on any atom is -0.301 e. The molecule has 0 saturated heterocycles. The minimum atomic E-state index is -0.484. The number of thiazole rings is 1. The van der Waals surface area contributed by atoms with Gasteiger partial charge in [0.25, 0.3) is 5.56 Å². The predicted molar refractivity (Wildman–Crippen MR) is 116 cm³/mol. The maximum absolute atomic E-state index is 13.1. The SMILES string of the molecule is CC(Sc1nc2ccsc2c(=O)n1C)C(=O)Nc1nc(-c2ccc(F)cc2)cs1. The molecule has 1 N–H and O–H groups in total. The third kappa shape index (κ3) is 4.09. The first kappa shape index (κ1) is 19.7. The summed E-state index contributed by atoms with van der Waals surface area (Å²) in [6, 6.07) is 7.81. The highest BCUT2D eigenvalue weighted by molar-refractivity contribution is 8.00. The monoisotopic (exact) mass is 446 g/mol. The summed E-state index contributed by atoms with van der Waals surface area (Å²) >= 11 is 3.86. The van der Waals surface area contributed by atoms with Gasteiger partial charge in [-0.2, -0.15) is 0 Å². The number of fused-ring (bicyclic) bond motifs is 1. The molecular formula is C19H15FN4O2S3. The minimum absolute atomic E-state index is 0.121. The molecule has 29 heavy (non-hydrogen) atoms. The van der Waals surface area contributed by atoms with E-state index in [1.54, 1.807) is 37.6 Å². The molecule has 10 heteroatoms. The van der Waals surface area contributed by atoms with Crippen LogP contribution < -0.4 is 10.9 Å². The maximum Gasteiger partial charge on any atom is 0.271 e. The number of aromatic nitrogens is 3. The maximum atomic E-state index is 13.1. The lowest BCUT2D eigenvalue weighted by Gasteiger charge is -2.12. The van der Waals surface area contributed by atoms with Gasteiger partial charge in [0.15, 0.2) is 10.3 Å². The smallest absolute Gasteiger partial charge is 0.271 e. The summed E-state index contributed by atoms with van der Waals surface area (Å²) in [5, 5.41) is 6.87. The van der Waals surface area contributed by atoms with Crippen molar-refractivity contribution in [3.05, 3.63) is 57.3 Å². The average Bonchev–Trinajstić information content (AvgIpc) is 3.36. The van der Waals surface area contributed by atoms with E-state index in [1.165, 1.54) is 51.1 Å². The van der Waals surface area contributed by atoms with E-state index < -0.39 is 5.25 Å². The van der Waals surface area contributed by atoms with Crippen molar-refractivity contribution in [1.82, 2.24) is 14.5 Å². The van der Waals surface area contributed by atoms with E-state index in [2.05, 4.69) is 15.3 Å². The molecule has 0 spiro atoms. The standard InChI is InChI=1S/C19H15FN4O2S3/c1-10(29-19-22-13-7-8-27-15(13)17(26)24(19)2)16(25)23-18-21-14(9-28-18)11-3-5-12(20)6-4-11/h3-10H,1-2H3,(H,21,23,25). The molecule has 0 aliphatic rings. The van der Waals surface area contributed by atoms with Gasteiger partial charge in [-0.05, 0) is 42.6 Å². The molecular weight excluding hydrogens is 431 g/mol. The Morgan fingerprint density at radius 2 is 1.97 bits per heavy atom. The Balaban J connectivity index is 1.47. The summed E-state index contributed by atoms with van der Waals surface area (Å²) in [7, 11) is 1.65. The fourth-order valence-corrected chi connectivity index (χ4v) is 4.98. The number of thiophene rings is 1. The molecule has 1 atom stereocenters. The second-order valence-electron chi connectivity index (χ2n) is 6.19. The number of thioether (sulfide) groups is 1. The molecule has 1 unspecified atom stereocenters. The van der Waals surface area contributed by atoms with Crippen LogP contribution >= 0.6 is 34.4 Å². The van der Waals surface area contributed by atoms with Gasteiger partial charge in [-0.1, -0.05) is 11.8 Å². The van der Waals surface area contributed by atoms with Crippen molar-refractivity contribution in [2.45, 2.75) is 17.3 Å². The van der Waals surface area contributed by atoms with E-state index in [-0.39, 0.29) is 17.3 Å². The molecule has 0 saturated carbocycles. The van der Waals surface area contributed by atoms with E-state index >= 15 is 0 Å². The Labute approximate surface area is 177 Å². The first-order valence-corrected chi connectivity index (χ1v) is 11.2. The van der Waals surface area contributed by atoms with Gasteiger partial charge in [0.05, 0.1) is 16.5 Å². The van der Waals surface area contributed by atoms with Gasteiger partial charge >= 0.3 is 0 Å². The molecule has 148 valence electrons. The number of halogens is 1. The van der Waals surface area contributed by atoms with Crippen LogP contribution in [0.1, 0.15) is 6.92 Å². The van der Waals surface area contributed by atoms with Crippen molar-refractivity contribution < 1.29 is 9.18 Å². The molecule has 0 aliphatic heterocycles. The van der Waals surface area contributed by atoms with E-state index in [4.69, 9.17) is 0 Å². The third-order valence-corrected chi connectivity index (χ3v) is 6.97. The number of hydrogen-bond donors (Lipinski definition) is 1. The van der Waals surface area contributed by atoms with Crippen LogP contribution in [0.5, 0.6) is 0 Å². The van der Waals surface area contributed by atoms with Crippen LogP contribution in [0.4, 0.5) is 9.52 Å². The highest BCUT2D eigenvalue weighted by Gasteiger charge is 2.20. The van der Waals surface area contributed by atoms with E-state index in [0.29, 0.717) is 26.2 Å². The summed E-state index contributed by atoms with van der Waals surface area (Å²) in [5.41, 5.74) is 1.95. The zero-order chi connectivity index (χ0) is 20.5. The van der Waals surface area contributed by atoms with Crippen LogP contribution in [0.15, 0.2) is 51.0 Å². The first-order chi connectivity index (χ1) is 13.9. The van der Waals surface area contributed by atoms with E-state index in [9.17, 15) is 14.0 Å². The fourth-order valence-electron chi connectivity index (χ4n) is 2.58. The summed E-state index contributed by atoms with van der Waals surface area (Å²) in [6.07, 6.45) is 0. The summed E-state index contributed by atoms with van der Waals surface area (Å²) in [5.74, 6) is -0.554. The zero-order valence-corrected chi connectivity index (χ0v) is 17.8. The van der Waals surface area contributed by atoms with Crippen molar-refractivity contribution >= 4 is 55.7 Å². The molecule has 0 bridgehead atoms. The molecule has 3 heterocycles. The number of carbonyl (C=O) groups excluding carboxylic acids is 1. The number of anilines is 1. The number of amides is 1. The molecule has 1 amide bonds. The van der Waals surface area contributed by atoms with Gasteiger partial charge in [-0.25, -0.2) is 14.4 Å². The summed E-state index contributed by atoms with van der Waals surface area (Å²) < 4.78 is 15.1. The van der Waals surface area contributed by atoms with Crippen LogP contribution in [0, 0.1) is 5.82 Å². The van der Waals surface area contributed by atoms with Crippen LogP contribution in [-0.2, 0) is 11.8 Å². The molecule has 4 aromatic rings. The lowest BCUT2D eigenvalue weighted by Crippen LogP contribution is -2.25. The number of carbonyl (C=O) groups is 1. The number of nitrogens with one attached hydrogen (secondary N) is 1. The third-order valence-electron chi connectivity index (χ3n) is 4.17. The van der Waals surface area contributed by atoms with Gasteiger partial charge in [-0.3, -0.25) is 14.2 Å². The van der Waals surface area contributed by atoms with Gasteiger partial charge in [0, 0.05) is 18.0 Å². The van der Waals surface area contributed by atoms with Crippen LogP contribution in [0.3, 0.4) is 0 Å². The fraction of sp³-hybridized carbons (Fsp3) is 0.158. The van der Waals surface area contributed by atoms with E-state index in [0.717, 1.165) is 5.56 Å².